The third-order valence-corrected chi connectivity index (χ3v) is 4.01. The van der Waals surface area contributed by atoms with Crippen molar-refractivity contribution in [3.05, 3.63) is 35.4 Å². The van der Waals surface area contributed by atoms with Gasteiger partial charge < -0.3 is 15.7 Å². The maximum absolute atomic E-state index is 12.3. The van der Waals surface area contributed by atoms with E-state index in [1.54, 1.807) is 12.1 Å². The van der Waals surface area contributed by atoms with Gasteiger partial charge in [-0.2, -0.15) is 13.2 Å². The largest absolute Gasteiger partial charge is 0.478 e. The van der Waals surface area contributed by atoms with Gasteiger partial charge in [-0.05, 0) is 31.0 Å². The number of aromatic carboxylic acids is 1. The van der Waals surface area contributed by atoms with Crippen molar-refractivity contribution in [3.8, 4) is 0 Å². The molecule has 2 rings (SSSR count). The highest BCUT2D eigenvalue weighted by atomic mass is 19.4. The minimum absolute atomic E-state index is 0.00437. The maximum atomic E-state index is 12.3. The highest BCUT2D eigenvalue weighted by Gasteiger charge is 2.41. The molecule has 1 aromatic rings. The first-order valence-corrected chi connectivity index (χ1v) is 7.13. The fourth-order valence-corrected chi connectivity index (χ4v) is 2.74. The Bertz CT molecular complexity index is 587. The van der Waals surface area contributed by atoms with Crippen LogP contribution in [0.3, 0.4) is 0 Å². The van der Waals surface area contributed by atoms with Crippen LogP contribution in [0.15, 0.2) is 24.3 Å². The molecular formula is C15H17F3N2O3. The predicted octanol–water partition coefficient (Wildman–Crippen LogP) is 1.90. The summed E-state index contributed by atoms with van der Waals surface area (Å²) in [4.78, 5) is 21.9. The van der Waals surface area contributed by atoms with Gasteiger partial charge in [0.25, 0.3) is 0 Å². The molecule has 1 amide bonds. The average molecular weight is 330 g/mol. The number of nitrogens with one attached hydrogen (secondary N) is 2. The van der Waals surface area contributed by atoms with E-state index in [1.807, 2.05) is 12.2 Å². The smallest absolute Gasteiger partial charge is 0.471 e. The van der Waals surface area contributed by atoms with E-state index in [0.29, 0.717) is 6.42 Å². The first-order chi connectivity index (χ1) is 10.7. The Morgan fingerprint density at radius 1 is 1.26 bits per heavy atom. The van der Waals surface area contributed by atoms with Gasteiger partial charge in [0.2, 0.25) is 0 Å². The summed E-state index contributed by atoms with van der Waals surface area (Å²) in [5.74, 6) is -3.11. The molecule has 1 heterocycles. The highest BCUT2D eigenvalue weighted by molar-refractivity contribution is 5.87. The van der Waals surface area contributed by atoms with Crippen LogP contribution in [0.1, 0.15) is 35.2 Å². The molecule has 0 bridgehead atoms. The van der Waals surface area contributed by atoms with Gasteiger partial charge in [-0.15, -0.1) is 0 Å². The minimum Gasteiger partial charge on any atom is -0.478 e. The van der Waals surface area contributed by atoms with E-state index >= 15 is 0 Å². The second-order valence-electron chi connectivity index (χ2n) is 5.63. The first kappa shape index (κ1) is 17.3. The zero-order chi connectivity index (χ0) is 17.2. The second kappa shape index (κ2) is 6.57. The molecule has 1 aromatic carbocycles. The van der Waals surface area contributed by atoms with Crippen LogP contribution >= 0.6 is 0 Å². The topological polar surface area (TPSA) is 78.4 Å². The number of benzene rings is 1. The second-order valence-corrected chi connectivity index (χ2v) is 5.63. The van der Waals surface area contributed by atoms with Crippen LogP contribution in [-0.2, 0) is 4.79 Å². The predicted molar refractivity (Wildman–Crippen MR) is 76.2 cm³/mol. The number of alkyl halides is 3. The van der Waals surface area contributed by atoms with E-state index in [4.69, 9.17) is 5.11 Å². The van der Waals surface area contributed by atoms with E-state index in [1.165, 1.54) is 12.1 Å². The zero-order valence-electron chi connectivity index (χ0n) is 12.4. The standard InChI is InChI=1S/C15H17F3N2O3/c1-8-12(9-2-4-10(5-3-9)13(21)22)6-11(7-19-8)20-14(23)15(16,17)18/h2-5,8,11-12,19H,6-7H2,1H3,(H,20,23)(H,21,22). The highest BCUT2D eigenvalue weighted by Crippen LogP contribution is 2.29. The van der Waals surface area contributed by atoms with Crippen molar-refractivity contribution in [2.75, 3.05) is 6.54 Å². The van der Waals surface area contributed by atoms with Crippen LogP contribution in [-0.4, -0.2) is 41.8 Å². The summed E-state index contributed by atoms with van der Waals surface area (Å²) in [6.07, 6.45) is -4.55. The summed E-state index contributed by atoms with van der Waals surface area (Å²) < 4.78 is 37.0. The van der Waals surface area contributed by atoms with Gasteiger partial charge in [0.15, 0.2) is 0 Å². The molecule has 8 heteroatoms. The molecule has 1 fully saturated rings. The first-order valence-electron chi connectivity index (χ1n) is 7.13. The van der Waals surface area contributed by atoms with Crippen LogP contribution in [0.4, 0.5) is 13.2 Å². The summed E-state index contributed by atoms with van der Waals surface area (Å²) in [5.41, 5.74) is 0.966. The molecular weight excluding hydrogens is 313 g/mol. The van der Waals surface area contributed by atoms with Crippen LogP contribution in [0.5, 0.6) is 0 Å². The maximum Gasteiger partial charge on any atom is 0.471 e. The van der Waals surface area contributed by atoms with E-state index in [2.05, 4.69) is 5.32 Å². The minimum atomic E-state index is -4.90. The van der Waals surface area contributed by atoms with Crippen molar-refractivity contribution < 1.29 is 27.9 Å². The SMILES string of the molecule is CC1NCC(NC(=O)C(F)(F)F)CC1c1ccc(C(=O)O)cc1. The molecule has 23 heavy (non-hydrogen) atoms. The Kier molecular flexibility index (Phi) is 4.93. The molecule has 3 atom stereocenters. The Morgan fingerprint density at radius 3 is 2.39 bits per heavy atom. The number of carboxylic acids is 1. The fourth-order valence-electron chi connectivity index (χ4n) is 2.74. The lowest BCUT2D eigenvalue weighted by atomic mass is 9.83. The summed E-state index contributed by atoms with van der Waals surface area (Å²) in [6, 6.07) is 5.60. The van der Waals surface area contributed by atoms with Crippen LogP contribution in [0.2, 0.25) is 0 Å². The van der Waals surface area contributed by atoms with E-state index in [-0.39, 0.29) is 24.1 Å². The molecule has 3 N–H and O–H groups in total. The molecule has 3 unspecified atom stereocenters. The van der Waals surface area contributed by atoms with Crippen molar-refractivity contribution in [3.63, 3.8) is 0 Å². The summed E-state index contributed by atoms with van der Waals surface area (Å²) in [6.45, 7) is 2.16. The number of hydrogen-bond donors (Lipinski definition) is 3. The van der Waals surface area contributed by atoms with Crippen LogP contribution < -0.4 is 10.6 Å². The van der Waals surface area contributed by atoms with E-state index in [0.717, 1.165) is 5.56 Å². The monoisotopic (exact) mass is 330 g/mol. The van der Waals surface area contributed by atoms with Crippen LogP contribution in [0, 0.1) is 0 Å². The quantitative estimate of drug-likeness (QED) is 0.791. The third kappa shape index (κ3) is 4.22. The lowest BCUT2D eigenvalue weighted by molar-refractivity contribution is -0.174. The van der Waals surface area contributed by atoms with Crippen LogP contribution in [0.25, 0.3) is 0 Å². The third-order valence-electron chi connectivity index (χ3n) is 4.01. The molecule has 126 valence electrons. The summed E-state index contributed by atoms with van der Waals surface area (Å²) in [7, 11) is 0. The zero-order valence-corrected chi connectivity index (χ0v) is 12.4. The molecule has 1 saturated heterocycles. The van der Waals surface area contributed by atoms with Gasteiger partial charge >= 0.3 is 18.1 Å². The Labute approximate surface area is 130 Å². The van der Waals surface area contributed by atoms with Gasteiger partial charge in [-0.25, -0.2) is 4.79 Å². The number of piperidine rings is 1. The van der Waals surface area contributed by atoms with E-state index < -0.39 is 24.1 Å². The van der Waals surface area contributed by atoms with Crippen molar-refractivity contribution in [2.45, 2.75) is 37.5 Å². The summed E-state index contributed by atoms with van der Waals surface area (Å²) in [5, 5.41) is 14.0. The molecule has 0 spiro atoms. The molecule has 0 aliphatic carbocycles. The van der Waals surface area contributed by atoms with Crippen molar-refractivity contribution in [1.82, 2.24) is 10.6 Å². The van der Waals surface area contributed by atoms with Gasteiger partial charge in [0, 0.05) is 24.5 Å². The molecule has 1 aliphatic rings. The van der Waals surface area contributed by atoms with Gasteiger partial charge in [-0.3, -0.25) is 4.79 Å². The van der Waals surface area contributed by atoms with Gasteiger partial charge in [0.05, 0.1) is 5.56 Å². The van der Waals surface area contributed by atoms with Crippen molar-refractivity contribution in [1.29, 1.82) is 0 Å². The normalized spacial score (nSPS) is 25.0. The van der Waals surface area contributed by atoms with E-state index in [9.17, 15) is 22.8 Å². The lowest BCUT2D eigenvalue weighted by Gasteiger charge is -2.36. The summed E-state index contributed by atoms with van der Waals surface area (Å²) >= 11 is 0. The van der Waals surface area contributed by atoms with Crippen molar-refractivity contribution in [2.24, 2.45) is 0 Å². The number of rotatable bonds is 3. The molecule has 5 nitrogen and oxygen atoms in total. The number of carboxylic acid groups (broad SMARTS) is 1. The number of amides is 1. The Balaban J connectivity index is 2.08. The van der Waals surface area contributed by atoms with Crippen molar-refractivity contribution >= 4 is 11.9 Å². The molecule has 1 aliphatic heterocycles. The molecule has 0 aromatic heterocycles. The number of hydrogen-bond acceptors (Lipinski definition) is 3. The Hall–Kier alpha value is -2.09. The number of carbonyl (C=O) groups is 2. The van der Waals surface area contributed by atoms with Gasteiger partial charge in [-0.1, -0.05) is 12.1 Å². The van der Waals surface area contributed by atoms with Gasteiger partial charge in [0.1, 0.15) is 0 Å². The average Bonchev–Trinajstić information content (AvgIpc) is 2.48. The lowest BCUT2D eigenvalue weighted by Crippen LogP contribution is -2.54. The fraction of sp³-hybridized carbons (Fsp3) is 0.467. The Morgan fingerprint density at radius 2 is 1.87 bits per heavy atom. The number of carbonyl (C=O) groups excluding carboxylic acids is 1. The molecule has 0 saturated carbocycles. The number of halogens is 3. The molecule has 0 radical (unpaired) electrons.